The van der Waals surface area contributed by atoms with Gasteiger partial charge in [0.15, 0.2) is 0 Å². The first-order valence-electron chi connectivity index (χ1n) is 8.67. The minimum Gasteiger partial charge on any atom is -0.477 e. The van der Waals surface area contributed by atoms with Gasteiger partial charge in [0, 0.05) is 16.9 Å². The molecule has 0 unspecified atom stereocenters. The Morgan fingerprint density at radius 2 is 2.22 bits per heavy atom. The van der Waals surface area contributed by atoms with E-state index < -0.39 is 18.0 Å². The van der Waals surface area contributed by atoms with Crippen LogP contribution < -0.4 is 10.0 Å². The number of β-lactam (4-membered cyclic amide) rings is 1. The molecule has 0 radical (unpaired) electrons. The van der Waals surface area contributed by atoms with Crippen LogP contribution in [0.3, 0.4) is 0 Å². The van der Waals surface area contributed by atoms with Crippen molar-refractivity contribution in [1.82, 2.24) is 14.8 Å². The molecule has 2 aliphatic heterocycles. The van der Waals surface area contributed by atoms with E-state index in [4.69, 9.17) is 5.21 Å². The number of aliphatic hydroxyl groups is 1. The van der Waals surface area contributed by atoms with Gasteiger partial charge < -0.3 is 20.3 Å². The number of aliphatic carboxylic acids is 1. The summed E-state index contributed by atoms with van der Waals surface area (Å²) in [5.41, 5.74) is 3.73. The van der Waals surface area contributed by atoms with E-state index in [9.17, 15) is 19.8 Å². The third-order valence-corrected chi connectivity index (χ3v) is 6.47. The number of nitrogens with one attached hydrogen (secondary N) is 1. The summed E-state index contributed by atoms with van der Waals surface area (Å²) < 4.78 is 3.81. The van der Waals surface area contributed by atoms with Crippen molar-refractivity contribution in [3.63, 3.8) is 0 Å². The second-order valence-corrected chi connectivity index (χ2v) is 8.01. The second kappa shape index (κ2) is 6.41. The van der Waals surface area contributed by atoms with Crippen LogP contribution in [0.1, 0.15) is 19.5 Å². The molecule has 4 atom stereocenters. The molecule has 0 aliphatic carbocycles. The molecule has 4 N–H and O–H groups in total. The molecule has 27 heavy (non-hydrogen) atoms. The van der Waals surface area contributed by atoms with Gasteiger partial charge >= 0.3 is 5.97 Å². The lowest BCUT2D eigenvalue weighted by molar-refractivity contribution is -0.688. The zero-order valence-electron chi connectivity index (χ0n) is 14.9. The highest BCUT2D eigenvalue weighted by Gasteiger charge is 2.60. The van der Waals surface area contributed by atoms with Crippen LogP contribution in [-0.2, 0) is 22.7 Å². The van der Waals surface area contributed by atoms with Crippen molar-refractivity contribution < 1.29 is 29.6 Å². The van der Waals surface area contributed by atoms with Crippen molar-refractivity contribution in [3.05, 3.63) is 34.9 Å². The van der Waals surface area contributed by atoms with Crippen molar-refractivity contribution in [3.8, 4) is 0 Å². The van der Waals surface area contributed by atoms with E-state index in [1.165, 1.54) is 16.2 Å². The first-order valence-corrected chi connectivity index (χ1v) is 9.55. The summed E-state index contributed by atoms with van der Waals surface area (Å²) in [6.45, 7) is 4.12. The smallest absolute Gasteiger partial charge is 0.352 e. The Morgan fingerprint density at radius 3 is 2.85 bits per heavy atom. The number of hydroxylamine groups is 1. The molecule has 0 bridgehead atoms. The molecular formula is C17H21N4O5S+. The average Bonchev–Trinajstić information content (AvgIpc) is 3.21. The zero-order valence-corrected chi connectivity index (χ0v) is 15.7. The Hall–Kier alpha value is -2.27. The fraction of sp³-hybridized carbons (Fsp3) is 0.471. The Balaban J connectivity index is 1.68. The fourth-order valence-corrected chi connectivity index (χ4v) is 5.20. The van der Waals surface area contributed by atoms with Crippen LogP contribution in [0, 0.1) is 11.8 Å². The van der Waals surface area contributed by atoms with Crippen LogP contribution >= 0.6 is 11.3 Å². The number of carbonyl (C=O) groups is 2. The van der Waals surface area contributed by atoms with E-state index in [0.717, 1.165) is 10.5 Å². The zero-order chi connectivity index (χ0) is 19.5. The van der Waals surface area contributed by atoms with Crippen LogP contribution in [0.25, 0.3) is 4.83 Å². The summed E-state index contributed by atoms with van der Waals surface area (Å²) in [5.74, 6) is -2.16. The second-order valence-electron chi connectivity index (χ2n) is 7.12. The number of nitrogens with zero attached hydrogens (tertiary/aromatic N) is 3. The SMILES string of the molecule is C[C@@H](O)[C@H]1C(=O)N2C(C(=O)O)=C(C[n+]3cc4scc(CNO)n4c3)[C@H](C)[C@H]12. The Bertz CT molecular complexity index is 962. The lowest BCUT2D eigenvalue weighted by Crippen LogP contribution is -2.63. The molecule has 10 heteroatoms. The number of carbonyl (C=O) groups excluding carboxylic acids is 1. The van der Waals surface area contributed by atoms with Crippen molar-refractivity contribution in [1.29, 1.82) is 0 Å². The minimum atomic E-state index is -1.12. The third-order valence-electron chi connectivity index (χ3n) is 5.53. The molecule has 0 spiro atoms. The third kappa shape index (κ3) is 2.59. The quantitative estimate of drug-likeness (QED) is 0.311. The molecule has 4 heterocycles. The molecule has 0 saturated carbocycles. The Labute approximate surface area is 158 Å². The van der Waals surface area contributed by atoms with Crippen LogP contribution in [0.5, 0.6) is 0 Å². The highest BCUT2D eigenvalue weighted by Crippen LogP contribution is 2.47. The topological polar surface area (TPSA) is 118 Å². The number of imidazole rings is 1. The van der Waals surface area contributed by atoms with Gasteiger partial charge in [0.25, 0.3) is 0 Å². The van der Waals surface area contributed by atoms with Gasteiger partial charge in [-0.05, 0) is 6.92 Å². The number of hydrogen-bond donors (Lipinski definition) is 4. The number of aromatic nitrogens is 2. The fourth-order valence-electron chi connectivity index (χ4n) is 4.28. The van der Waals surface area contributed by atoms with Crippen molar-refractivity contribution >= 4 is 28.0 Å². The maximum atomic E-state index is 12.4. The van der Waals surface area contributed by atoms with Gasteiger partial charge in [-0.15, -0.1) is 0 Å². The van der Waals surface area contributed by atoms with E-state index >= 15 is 0 Å². The number of carboxylic acids is 1. The van der Waals surface area contributed by atoms with E-state index in [1.54, 1.807) is 6.92 Å². The number of amides is 1. The van der Waals surface area contributed by atoms with Gasteiger partial charge in [0.1, 0.15) is 24.1 Å². The first kappa shape index (κ1) is 18.1. The van der Waals surface area contributed by atoms with E-state index in [1.807, 2.05) is 33.8 Å². The van der Waals surface area contributed by atoms with Crippen LogP contribution in [0.4, 0.5) is 0 Å². The maximum absolute atomic E-state index is 12.4. The largest absolute Gasteiger partial charge is 0.477 e. The molecule has 4 rings (SSSR count). The summed E-state index contributed by atoms with van der Waals surface area (Å²) in [7, 11) is 0. The molecular weight excluding hydrogens is 372 g/mol. The van der Waals surface area contributed by atoms with Gasteiger partial charge in [-0.3, -0.25) is 4.79 Å². The number of hydrogen-bond acceptors (Lipinski definition) is 6. The number of carboxylic acid groups (broad SMARTS) is 1. The molecule has 2 aromatic heterocycles. The molecule has 0 aromatic carbocycles. The molecule has 1 saturated heterocycles. The Morgan fingerprint density at radius 1 is 1.48 bits per heavy atom. The standard InChI is InChI=1S/C17H20N4O5S/c1-8-11(4-19-5-12-20(7-19)10(3-18-26)6-27-12)15(17(24)25)21-14(8)13(9(2)22)16(21)23/h5-9,13-14,18,22,26H,3-4H2,1-2H3/p+1/t8-,9+,13+,14+/m0/s1. The van der Waals surface area contributed by atoms with Gasteiger partial charge in [-0.25, -0.2) is 9.36 Å². The van der Waals surface area contributed by atoms with Crippen molar-refractivity contribution in [2.75, 3.05) is 0 Å². The predicted octanol–water partition coefficient (Wildman–Crippen LogP) is -0.0367. The summed E-state index contributed by atoms with van der Waals surface area (Å²) in [5, 5.41) is 30.5. The van der Waals surface area contributed by atoms with Gasteiger partial charge in [0.05, 0.1) is 24.6 Å². The first-order chi connectivity index (χ1) is 12.8. The van der Waals surface area contributed by atoms with Crippen LogP contribution in [0.2, 0.25) is 0 Å². The van der Waals surface area contributed by atoms with Gasteiger partial charge in [0.2, 0.25) is 17.1 Å². The van der Waals surface area contributed by atoms with Crippen LogP contribution in [-0.4, -0.2) is 48.7 Å². The number of aliphatic hydroxyl groups excluding tert-OH is 1. The van der Waals surface area contributed by atoms with E-state index in [0.29, 0.717) is 18.7 Å². The monoisotopic (exact) mass is 393 g/mol. The summed E-state index contributed by atoms with van der Waals surface area (Å²) in [6.07, 6.45) is 2.95. The summed E-state index contributed by atoms with van der Waals surface area (Å²) in [6, 6.07) is -0.308. The summed E-state index contributed by atoms with van der Waals surface area (Å²) in [4.78, 5) is 26.5. The molecule has 9 nitrogen and oxygen atoms in total. The molecule has 144 valence electrons. The highest BCUT2D eigenvalue weighted by atomic mass is 32.1. The number of rotatable bonds is 6. The number of thiazole rings is 1. The lowest BCUT2D eigenvalue weighted by Gasteiger charge is -2.46. The average molecular weight is 393 g/mol. The van der Waals surface area contributed by atoms with E-state index in [-0.39, 0.29) is 23.6 Å². The van der Waals surface area contributed by atoms with Crippen LogP contribution in [0.15, 0.2) is 29.2 Å². The van der Waals surface area contributed by atoms with E-state index in [2.05, 4.69) is 5.48 Å². The van der Waals surface area contributed by atoms with Crippen molar-refractivity contribution in [2.24, 2.45) is 11.8 Å². The van der Waals surface area contributed by atoms with Gasteiger partial charge in [-0.1, -0.05) is 18.3 Å². The summed E-state index contributed by atoms with van der Waals surface area (Å²) >= 11 is 1.52. The highest BCUT2D eigenvalue weighted by molar-refractivity contribution is 7.15. The van der Waals surface area contributed by atoms with Gasteiger partial charge in [-0.2, -0.15) is 9.88 Å². The normalized spacial score (nSPS) is 25.9. The maximum Gasteiger partial charge on any atom is 0.352 e. The molecule has 1 amide bonds. The molecule has 1 fully saturated rings. The molecule has 2 aromatic rings. The minimum absolute atomic E-state index is 0.0358. The lowest BCUT2D eigenvalue weighted by atomic mass is 9.78. The van der Waals surface area contributed by atoms with Crippen molar-refractivity contribution in [2.45, 2.75) is 39.1 Å². The number of fused-ring (bicyclic) bond motifs is 2. The Kier molecular flexibility index (Phi) is 4.30. The molecule has 2 aliphatic rings. The predicted molar refractivity (Wildman–Crippen MR) is 93.7 cm³/mol.